The van der Waals surface area contributed by atoms with Gasteiger partial charge in [-0.05, 0) is 6.42 Å². The Balaban J connectivity index is 1.76. The predicted octanol–water partition coefficient (Wildman–Crippen LogP) is 6.67. The van der Waals surface area contributed by atoms with Crippen LogP contribution >= 0.6 is 0 Å². The summed E-state index contributed by atoms with van der Waals surface area (Å²) in [6, 6.07) is 0. The highest BCUT2D eigenvalue weighted by Crippen LogP contribution is 2.17. The van der Waals surface area contributed by atoms with Gasteiger partial charge < -0.3 is 5.11 Å². The first-order chi connectivity index (χ1) is 11.8. The van der Waals surface area contributed by atoms with Crippen molar-refractivity contribution >= 4 is 12.1 Å². The molecule has 0 aliphatic carbocycles. The first-order valence-corrected chi connectivity index (χ1v) is 10.3. The zero-order valence-corrected chi connectivity index (χ0v) is 15.7. The number of aliphatic imine (C=N–C) groups is 1. The van der Waals surface area contributed by atoms with Gasteiger partial charge in [0, 0.05) is 12.6 Å². The minimum absolute atomic E-state index is 0.227. The molecule has 1 aliphatic rings. The average Bonchev–Trinajstić information content (AvgIpc) is 2.57. The lowest BCUT2D eigenvalue weighted by molar-refractivity contribution is -0.114. The van der Waals surface area contributed by atoms with Crippen molar-refractivity contribution in [3.63, 3.8) is 0 Å². The van der Waals surface area contributed by atoms with E-state index in [0.717, 1.165) is 12.8 Å². The van der Waals surface area contributed by atoms with Crippen molar-refractivity contribution in [2.24, 2.45) is 4.99 Å². The van der Waals surface area contributed by atoms with E-state index in [9.17, 15) is 9.90 Å². The molecular formula is C21H37NO2. The van der Waals surface area contributed by atoms with E-state index in [0.29, 0.717) is 12.0 Å². The van der Waals surface area contributed by atoms with Gasteiger partial charge >= 0.3 is 0 Å². The fraction of sp³-hybridized carbons (Fsp3) is 0.810. The van der Waals surface area contributed by atoms with Crippen LogP contribution in [0.4, 0.5) is 0 Å². The van der Waals surface area contributed by atoms with Crippen LogP contribution in [-0.4, -0.2) is 17.2 Å². The average molecular weight is 336 g/mol. The number of aliphatic hydroxyl groups is 1. The molecule has 1 heterocycles. The molecule has 1 amide bonds. The molecule has 0 unspecified atom stereocenters. The second-order valence-corrected chi connectivity index (χ2v) is 7.12. The molecule has 0 spiro atoms. The molecule has 0 bridgehead atoms. The number of allylic oxidation sites excluding steroid dienone is 1. The van der Waals surface area contributed by atoms with E-state index in [1.54, 1.807) is 0 Å². The van der Waals surface area contributed by atoms with E-state index < -0.39 is 0 Å². The lowest BCUT2D eigenvalue weighted by Gasteiger charge is -2.08. The van der Waals surface area contributed by atoms with E-state index in [1.165, 1.54) is 89.7 Å². The van der Waals surface area contributed by atoms with Crippen molar-refractivity contribution in [3.8, 4) is 0 Å². The second-order valence-electron chi connectivity index (χ2n) is 7.12. The van der Waals surface area contributed by atoms with Crippen LogP contribution in [0.3, 0.4) is 0 Å². The minimum Gasteiger partial charge on any atom is -0.511 e. The Bertz CT molecular complexity index is 399. The van der Waals surface area contributed by atoms with Gasteiger partial charge in [0.25, 0.3) is 5.91 Å². The van der Waals surface area contributed by atoms with Crippen molar-refractivity contribution in [2.45, 2.75) is 110 Å². The lowest BCUT2D eigenvalue weighted by atomic mass is 10.0. The van der Waals surface area contributed by atoms with Crippen molar-refractivity contribution < 1.29 is 9.90 Å². The Morgan fingerprint density at radius 3 is 1.54 bits per heavy atom. The number of carbonyl (C=O) groups is 1. The quantitative estimate of drug-likeness (QED) is 0.194. The molecular weight excluding hydrogens is 298 g/mol. The van der Waals surface area contributed by atoms with Gasteiger partial charge in [-0.25, -0.2) is 4.99 Å². The summed E-state index contributed by atoms with van der Waals surface area (Å²) < 4.78 is 0. The highest BCUT2D eigenvalue weighted by Gasteiger charge is 2.18. The fourth-order valence-electron chi connectivity index (χ4n) is 3.18. The highest BCUT2D eigenvalue weighted by molar-refractivity contribution is 6.24. The van der Waals surface area contributed by atoms with E-state index in [4.69, 9.17) is 0 Å². The minimum atomic E-state index is -0.270. The van der Waals surface area contributed by atoms with Gasteiger partial charge in [0.05, 0.1) is 5.57 Å². The van der Waals surface area contributed by atoms with Crippen molar-refractivity contribution in [1.29, 1.82) is 0 Å². The first-order valence-electron chi connectivity index (χ1n) is 10.3. The molecule has 0 radical (unpaired) electrons. The summed E-state index contributed by atoms with van der Waals surface area (Å²) in [4.78, 5) is 14.5. The molecule has 0 aromatic rings. The molecule has 138 valence electrons. The molecule has 3 heteroatoms. The molecule has 1 N–H and O–H groups in total. The number of aliphatic hydroxyl groups excluding tert-OH is 1. The third kappa shape index (κ3) is 9.89. The maximum atomic E-state index is 11.0. The number of rotatable bonds is 16. The molecule has 0 saturated carbocycles. The Morgan fingerprint density at radius 2 is 1.21 bits per heavy atom. The van der Waals surface area contributed by atoms with Gasteiger partial charge in [0.2, 0.25) is 0 Å². The zero-order valence-electron chi connectivity index (χ0n) is 15.7. The molecule has 0 aromatic carbocycles. The van der Waals surface area contributed by atoms with Crippen molar-refractivity contribution in [2.75, 3.05) is 0 Å². The van der Waals surface area contributed by atoms with E-state index in [2.05, 4.69) is 11.9 Å². The summed E-state index contributed by atoms with van der Waals surface area (Å²) in [5, 5.41) is 9.71. The van der Waals surface area contributed by atoms with Crippen LogP contribution in [0, 0.1) is 0 Å². The van der Waals surface area contributed by atoms with E-state index in [-0.39, 0.29) is 11.7 Å². The molecule has 1 aliphatic heterocycles. The SMILES string of the molecule is CCCCCCCCCCCCCCCCCC(O)=C1C=NC1=O. The number of unbranched alkanes of at least 4 members (excludes halogenated alkanes) is 14. The van der Waals surface area contributed by atoms with Crippen LogP contribution in [0.25, 0.3) is 0 Å². The third-order valence-corrected chi connectivity index (χ3v) is 4.87. The van der Waals surface area contributed by atoms with E-state index >= 15 is 0 Å². The Hall–Kier alpha value is -1.12. The summed E-state index contributed by atoms with van der Waals surface area (Å²) in [5.41, 5.74) is 0.417. The topological polar surface area (TPSA) is 49.7 Å². The van der Waals surface area contributed by atoms with Gasteiger partial charge in [0.1, 0.15) is 5.76 Å². The maximum Gasteiger partial charge on any atom is 0.281 e. The monoisotopic (exact) mass is 335 g/mol. The van der Waals surface area contributed by atoms with Crippen LogP contribution in [-0.2, 0) is 4.79 Å². The first kappa shape index (κ1) is 20.9. The second kappa shape index (κ2) is 14.2. The lowest BCUT2D eigenvalue weighted by Crippen LogP contribution is -2.14. The predicted molar refractivity (Wildman–Crippen MR) is 103 cm³/mol. The molecule has 1 rings (SSSR count). The standard InChI is InChI=1S/C21H37NO2/c1-2-3-4-5-6-7-8-9-10-11-12-13-14-15-16-17-20(23)19-18-22-21(19)24/h18,23H,2-17H2,1H3. The number of nitrogens with zero attached hydrogens (tertiary/aromatic N) is 1. The van der Waals surface area contributed by atoms with Crippen LogP contribution in [0.1, 0.15) is 110 Å². The van der Waals surface area contributed by atoms with Crippen LogP contribution < -0.4 is 0 Å². The molecule has 0 fully saturated rings. The largest absolute Gasteiger partial charge is 0.511 e. The summed E-state index contributed by atoms with van der Waals surface area (Å²) in [6.45, 7) is 2.27. The highest BCUT2D eigenvalue weighted by atomic mass is 16.3. The van der Waals surface area contributed by atoms with Gasteiger partial charge in [0.15, 0.2) is 0 Å². The van der Waals surface area contributed by atoms with Gasteiger partial charge in [-0.2, -0.15) is 0 Å². The summed E-state index contributed by atoms with van der Waals surface area (Å²) in [7, 11) is 0. The van der Waals surface area contributed by atoms with E-state index in [1.807, 2.05) is 0 Å². The van der Waals surface area contributed by atoms with Gasteiger partial charge in [-0.1, -0.05) is 96.8 Å². The fourth-order valence-corrected chi connectivity index (χ4v) is 3.18. The normalized spacial score (nSPS) is 15.6. The Kier molecular flexibility index (Phi) is 12.4. The van der Waals surface area contributed by atoms with Crippen LogP contribution in [0.15, 0.2) is 16.3 Å². The Morgan fingerprint density at radius 1 is 0.792 bits per heavy atom. The summed E-state index contributed by atoms with van der Waals surface area (Å²) in [6.07, 6.45) is 22.1. The molecule has 3 nitrogen and oxygen atoms in total. The maximum absolute atomic E-state index is 11.0. The number of amides is 1. The number of hydrogen-bond acceptors (Lipinski definition) is 2. The zero-order chi connectivity index (χ0) is 17.5. The van der Waals surface area contributed by atoms with Crippen molar-refractivity contribution in [3.05, 3.63) is 11.3 Å². The van der Waals surface area contributed by atoms with Crippen LogP contribution in [0.5, 0.6) is 0 Å². The Labute approximate surface area is 148 Å². The number of carbonyl (C=O) groups excluding carboxylic acids is 1. The summed E-state index contributed by atoms with van der Waals surface area (Å²) in [5.74, 6) is -0.0434. The molecule has 24 heavy (non-hydrogen) atoms. The summed E-state index contributed by atoms with van der Waals surface area (Å²) >= 11 is 0. The van der Waals surface area contributed by atoms with Crippen LogP contribution in [0.2, 0.25) is 0 Å². The molecule has 0 saturated heterocycles. The third-order valence-electron chi connectivity index (χ3n) is 4.87. The van der Waals surface area contributed by atoms with Crippen molar-refractivity contribution in [1.82, 2.24) is 0 Å². The smallest absolute Gasteiger partial charge is 0.281 e. The number of hydrogen-bond donors (Lipinski definition) is 1. The molecule has 0 atom stereocenters. The molecule has 0 aromatic heterocycles. The van der Waals surface area contributed by atoms with Gasteiger partial charge in [-0.15, -0.1) is 0 Å². The van der Waals surface area contributed by atoms with Gasteiger partial charge in [-0.3, -0.25) is 4.79 Å².